The van der Waals surface area contributed by atoms with Gasteiger partial charge in [-0.25, -0.2) is 9.78 Å². The zero-order chi connectivity index (χ0) is 18.2. The predicted octanol–water partition coefficient (Wildman–Crippen LogP) is 3.68. The molecule has 2 heterocycles. The Morgan fingerprint density at radius 1 is 1.23 bits per heavy atom. The van der Waals surface area contributed by atoms with Crippen molar-refractivity contribution in [3.63, 3.8) is 0 Å². The van der Waals surface area contributed by atoms with Gasteiger partial charge in [0, 0.05) is 43.6 Å². The highest BCUT2D eigenvalue weighted by molar-refractivity contribution is 5.67. The van der Waals surface area contributed by atoms with Crippen LogP contribution in [0, 0.1) is 0 Å². The molecule has 3 rings (SSSR count). The number of carbonyl (C=O) groups excluding carboxylic acids is 1. The summed E-state index contributed by atoms with van der Waals surface area (Å²) < 4.78 is 7.05. The van der Waals surface area contributed by atoms with E-state index < -0.39 is 0 Å². The van der Waals surface area contributed by atoms with Gasteiger partial charge >= 0.3 is 6.09 Å². The Bertz CT molecular complexity index is 690. The summed E-state index contributed by atoms with van der Waals surface area (Å²) in [5.74, 6) is 0. The molecule has 0 saturated carbocycles. The molecule has 6 nitrogen and oxygen atoms in total. The number of unbranched alkanes of at least 4 members (excludes halogenated alkanes) is 1. The predicted molar refractivity (Wildman–Crippen MR) is 103 cm³/mol. The molecule has 1 aliphatic heterocycles. The molecule has 0 bridgehead atoms. The first-order valence-corrected chi connectivity index (χ1v) is 9.54. The molecule has 26 heavy (non-hydrogen) atoms. The fourth-order valence-corrected chi connectivity index (χ4v) is 3.10. The molecular formula is C20H28N4O2. The minimum absolute atomic E-state index is 0.351. The molecule has 1 aromatic heterocycles. The Balaban J connectivity index is 1.47. The third kappa shape index (κ3) is 5.00. The first-order chi connectivity index (χ1) is 12.8. The molecule has 1 aliphatic rings. The lowest BCUT2D eigenvalue weighted by Crippen LogP contribution is -2.27. The number of rotatable bonds is 8. The summed E-state index contributed by atoms with van der Waals surface area (Å²) in [7, 11) is 0. The molecule has 0 spiro atoms. The first-order valence-electron chi connectivity index (χ1n) is 9.54. The molecule has 1 fully saturated rings. The highest BCUT2D eigenvalue weighted by Crippen LogP contribution is 2.24. The fraction of sp³-hybridized carbons (Fsp3) is 0.500. The zero-order valence-corrected chi connectivity index (χ0v) is 15.5. The molecule has 0 atom stereocenters. The van der Waals surface area contributed by atoms with Crippen molar-refractivity contribution in [2.45, 2.75) is 39.2 Å². The van der Waals surface area contributed by atoms with Gasteiger partial charge in [-0.2, -0.15) is 0 Å². The summed E-state index contributed by atoms with van der Waals surface area (Å²) >= 11 is 0. The Hall–Kier alpha value is -2.50. The average molecular weight is 356 g/mol. The minimum atomic E-state index is -0.351. The van der Waals surface area contributed by atoms with Gasteiger partial charge < -0.3 is 19.5 Å². The maximum Gasteiger partial charge on any atom is 0.407 e. The van der Waals surface area contributed by atoms with Crippen LogP contribution in [0.5, 0.6) is 0 Å². The number of amides is 1. The number of nitrogens with one attached hydrogen (secondary N) is 1. The van der Waals surface area contributed by atoms with Gasteiger partial charge in [0.05, 0.1) is 18.6 Å². The quantitative estimate of drug-likeness (QED) is 0.733. The molecular weight excluding hydrogens is 328 g/mol. The van der Waals surface area contributed by atoms with E-state index >= 15 is 0 Å². The van der Waals surface area contributed by atoms with Gasteiger partial charge in [-0.05, 0) is 31.4 Å². The van der Waals surface area contributed by atoms with Crippen LogP contribution in [0.1, 0.15) is 32.6 Å². The summed E-state index contributed by atoms with van der Waals surface area (Å²) in [6.45, 7) is 6.04. The van der Waals surface area contributed by atoms with Crippen LogP contribution in [0.3, 0.4) is 0 Å². The topological polar surface area (TPSA) is 59.4 Å². The third-order valence-corrected chi connectivity index (χ3v) is 4.64. The number of aromatic nitrogens is 2. The van der Waals surface area contributed by atoms with Crippen LogP contribution in [0.2, 0.25) is 0 Å². The molecule has 0 radical (unpaired) electrons. The van der Waals surface area contributed by atoms with E-state index in [1.165, 1.54) is 18.5 Å². The summed E-state index contributed by atoms with van der Waals surface area (Å²) in [6.07, 6.45) is 7.94. The molecule has 1 amide bonds. The van der Waals surface area contributed by atoms with Crippen LogP contribution >= 0.6 is 0 Å². The standard InChI is InChI=1S/C20H28N4O2/c1-2-3-14-26-20(25)21-10-13-23-15-19(22-16-23)17-6-8-18(9-7-17)24-11-4-5-12-24/h6-9,15-16H,2-5,10-14H2,1H3,(H,21,25). The van der Waals surface area contributed by atoms with Gasteiger partial charge in [-0.15, -0.1) is 0 Å². The molecule has 140 valence electrons. The maximum absolute atomic E-state index is 11.5. The number of alkyl carbamates (subject to hydrolysis) is 1. The molecule has 6 heteroatoms. The molecule has 1 N–H and O–H groups in total. The lowest BCUT2D eigenvalue weighted by atomic mass is 10.1. The van der Waals surface area contributed by atoms with Crippen molar-refractivity contribution < 1.29 is 9.53 Å². The first kappa shape index (κ1) is 18.3. The van der Waals surface area contributed by atoms with Crippen LogP contribution in [-0.4, -0.2) is 41.9 Å². The van der Waals surface area contributed by atoms with Gasteiger partial charge in [0.25, 0.3) is 0 Å². The minimum Gasteiger partial charge on any atom is -0.450 e. The summed E-state index contributed by atoms with van der Waals surface area (Å²) in [5.41, 5.74) is 3.35. The lowest BCUT2D eigenvalue weighted by Gasteiger charge is -2.17. The van der Waals surface area contributed by atoms with Gasteiger partial charge in [0.1, 0.15) is 0 Å². The Kier molecular flexibility index (Phi) is 6.52. The lowest BCUT2D eigenvalue weighted by molar-refractivity contribution is 0.144. The SMILES string of the molecule is CCCCOC(=O)NCCn1cnc(-c2ccc(N3CCCC3)cc2)c1. The van der Waals surface area contributed by atoms with Crippen molar-refractivity contribution in [2.24, 2.45) is 0 Å². The van der Waals surface area contributed by atoms with E-state index in [0.29, 0.717) is 19.7 Å². The van der Waals surface area contributed by atoms with Crippen LogP contribution < -0.4 is 10.2 Å². The van der Waals surface area contributed by atoms with Crippen molar-refractivity contribution in [1.82, 2.24) is 14.9 Å². The number of imidazole rings is 1. The van der Waals surface area contributed by atoms with Crippen LogP contribution in [0.4, 0.5) is 10.5 Å². The number of hydrogen-bond donors (Lipinski definition) is 1. The Labute approximate surface area is 155 Å². The van der Waals surface area contributed by atoms with Gasteiger partial charge in [0.15, 0.2) is 0 Å². The molecule has 2 aromatic rings. The largest absolute Gasteiger partial charge is 0.450 e. The smallest absolute Gasteiger partial charge is 0.407 e. The second-order valence-corrected chi connectivity index (χ2v) is 6.65. The van der Waals surface area contributed by atoms with Crippen molar-refractivity contribution >= 4 is 11.8 Å². The van der Waals surface area contributed by atoms with Gasteiger partial charge in [-0.1, -0.05) is 25.5 Å². The molecule has 0 aliphatic carbocycles. The van der Waals surface area contributed by atoms with E-state index in [4.69, 9.17) is 4.74 Å². The Morgan fingerprint density at radius 3 is 2.73 bits per heavy atom. The summed E-state index contributed by atoms with van der Waals surface area (Å²) in [5, 5.41) is 2.76. The van der Waals surface area contributed by atoms with E-state index in [1.54, 1.807) is 6.33 Å². The van der Waals surface area contributed by atoms with Crippen LogP contribution in [-0.2, 0) is 11.3 Å². The highest BCUT2D eigenvalue weighted by atomic mass is 16.5. The average Bonchev–Trinajstić information content (AvgIpc) is 3.34. The van der Waals surface area contributed by atoms with E-state index in [0.717, 1.165) is 37.2 Å². The Morgan fingerprint density at radius 2 is 2.00 bits per heavy atom. The number of hydrogen-bond acceptors (Lipinski definition) is 4. The van der Waals surface area contributed by atoms with E-state index in [-0.39, 0.29) is 6.09 Å². The molecule has 1 saturated heterocycles. The van der Waals surface area contributed by atoms with E-state index in [2.05, 4.69) is 46.4 Å². The van der Waals surface area contributed by atoms with Crippen molar-refractivity contribution in [3.8, 4) is 11.3 Å². The van der Waals surface area contributed by atoms with Crippen LogP contribution in [0.25, 0.3) is 11.3 Å². The van der Waals surface area contributed by atoms with Crippen LogP contribution in [0.15, 0.2) is 36.8 Å². The number of nitrogens with zero attached hydrogens (tertiary/aromatic N) is 3. The number of anilines is 1. The van der Waals surface area contributed by atoms with E-state index in [9.17, 15) is 4.79 Å². The highest BCUT2D eigenvalue weighted by Gasteiger charge is 2.12. The summed E-state index contributed by atoms with van der Waals surface area (Å²) in [4.78, 5) is 18.4. The number of benzene rings is 1. The van der Waals surface area contributed by atoms with Crippen molar-refractivity contribution in [1.29, 1.82) is 0 Å². The van der Waals surface area contributed by atoms with Gasteiger partial charge in [-0.3, -0.25) is 0 Å². The monoisotopic (exact) mass is 356 g/mol. The van der Waals surface area contributed by atoms with Crippen molar-refractivity contribution in [3.05, 3.63) is 36.8 Å². The maximum atomic E-state index is 11.5. The molecule has 0 unspecified atom stereocenters. The summed E-state index contributed by atoms with van der Waals surface area (Å²) in [6, 6.07) is 8.61. The number of ether oxygens (including phenoxy) is 1. The normalized spacial score (nSPS) is 13.8. The zero-order valence-electron chi connectivity index (χ0n) is 15.5. The third-order valence-electron chi connectivity index (χ3n) is 4.64. The number of carbonyl (C=O) groups is 1. The molecule has 1 aromatic carbocycles. The van der Waals surface area contributed by atoms with Gasteiger partial charge in [0.2, 0.25) is 0 Å². The van der Waals surface area contributed by atoms with E-state index in [1.807, 2.05) is 10.8 Å². The fourth-order valence-electron chi connectivity index (χ4n) is 3.10. The second-order valence-electron chi connectivity index (χ2n) is 6.65. The van der Waals surface area contributed by atoms with Crippen molar-refractivity contribution in [2.75, 3.05) is 31.1 Å². The second kappa shape index (κ2) is 9.27.